The minimum Gasteiger partial charge on any atom is -0.366 e. The minimum atomic E-state index is -0.0741. The summed E-state index contributed by atoms with van der Waals surface area (Å²) in [7, 11) is 0. The molecule has 1 fully saturated rings. The fourth-order valence-corrected chi connectivity index (χ4v) is 3.70. The Bertz CT molecular complexity index is 707. The van der Waals surface area contributed by atoms with Gasteiger partial charge in [-0.25, -0.2) is 9.97 Å². The van der Waals surface area contributed by atoms with E-state index in [1.165, 1.54) is 12.7 Å². The standard InChI is InChI=1S/C16H18ClN5/c1-15(2)4-5-16(15)20-8-13-12(17)7-11(9-22(13)16)21-14-3-6-18-10-19-14/h3,6-10,20H,4-5H2,1-2H3,(H,18,19,21). The van der Waals surface area contributed by atoms with Crippen molar-refractivity contribution in [1.82, 2.24) is 20.2 Å². The lowest BCUT2D eigenvalue weighted by atomic mass is 9.61. The van der Waals surface area contributed by atoms with Crippen molar-refractivity contribution in [3.63, 3.8) is 0 Å². The molecule has 6 heteroatoms. The summed E-state index contributed by atoms with van der Waals surface area (Å²) in [5.41, 5.74) is 2.07. The van der Waals surface area contributed by atoms with Crippen LogP contribution >= 0.6 is 11.6 Å². The molecule has 1 saturated carbocycles. The second kappa shape index (κ2) is 4.49. The third kappa shape index (κ3) is 1.78. The third-order valence-electron chi connectivity index (χ3n) is 5.00. The van der Waals surface area contributed by atoms with Crippen LogP contribution in [0.2, 0.25) is 0 Å². The van der Waals surface area contributed by atoms with Crippen molar-refractivity contribution in [2.75, 3.05) is 5.32 Å². The predicted octanol–water partition coefficient (Wildman–Crippen LogP) is 3.13. The number of rotatable bonds is 2. The van der Waals surface area contributed by atoms with Gasteiger partial charge in [-0.3, -0.25) is 0 Å². The van der Waals surface area contributed by atoms with Gasteiger partial charge >= 0.3 is 0 Å². The maximum Gasteiger partial charge on any atom is 0.133 e. The first kappa shape index (κ1) is 13.6. The number of allylic oxidation sites excluding steroid dienone is 2. The highest BCUT2D eigenvalue weighted by Gasteiger charge is 2.59. The Hall–Kier alpha value is -2.01. The number of aromatic nitrogens is 2. The molecule has 0 radical (unpaired) electrons. The molecule has 2 aliphatic heterocycles. The highest BCUT2D eigenvalue weighted by atomic mass is 35.5. The molecule has 22 heavy (non-hydrogen) atoms. The number of fused-ring (bicyclic) bond motifs is 2. The number of hydrogen-bond acceptors (Lipinski definition) is 5. The van der Waals surface area contributed by atoms with Crippen LogP contribution in [0.4, 0.5) is 5.82 Å². The summed E-state index contributed by atoms with van der Waals surface area (Å²) in [5.74, 6) is 0.753. The summed E-state index contributed by atoms with van der Waals surface area (Å²) in [4.78, 5) is 10.4. The summed E-state index contributed by atoms with van der Waals surface area (Å²) in [6.07, 6.45) is 11.6. The molecule has 2 N–H and O–H groups in total. The molecule has 3 aliphatic rings. The van der Waals surface area contributed by atoms with Crippen molar-refractivity contribution in [3.8, 4) is 0 Å². The van der Waals surface area contributed by atoms with E-state index in [1.54, 1.807) is 6.20 Å². The van der Waals surface area contributed by atoms with Gasteiger partial charge < -0.3 is 15.5 Å². The van der Waals surface area contributed by atoms with Crippen molar-refractivity contribution in [3.05, 3.63) is 53.5 Å². The van der Waals surface area contributed by atoms with Gasteiger partial charge in [0.15, 0.2) is 0 Å². The fourth-order valence-electron chi connectivity index (χ4n) is 3.44. The van der Waals surface area contributed by atoms with Gasteiger partial charge in [0.25, 0.3) is 0 Å². The Morgan fingerprint density at radius 1 is 1.36 bits per heavy atom. The van der Waals surface area contributed by atoms with Crippen LogP contribution in [0.1, 0.15) is 26.7 Å². The van der Waals surface area contributed by atoms with Gasteiger partial charge in [-0.1, -0.05) is 25.4 Å². The number of halogens is 1. The lowest BCUT2D eigenvalue weighted by molar-refractivity contribution is -0.0653. The van der Waals surface area contributed by atoms with Crippen LogP contribution in [0.15, 0.2) is 53.5 Å². The second-order valence-electron chi connectivity index (χ2n) is 6.58. The topological polar surface area (TPSA) is 53.1 Å². The molecule has 1 spiro atoms. The van der Waals surface area contributed by atoms with E-state index in [0.717, 1.165) is 28.7 Å². The number of nitrogens with zero attached hydrogens (tertiary/aromatic N) is 3. The van der Waals surface area contributed by atoms with E-state index < -0.39 is 0 Å². The molecule has 1 atom stereocenters. The molecule has 4 rings (SSSR count). The molecule has 1 unspecified atom stereocenters. The molecular weight excluding hydrogens is 298 g/mol. The average molecular weight is 316 g/mol. The van der Waals surface area contributed by atoms with E-state index in [9.17, 15) is 0 Å². The first-order valence-corrected chi connectivity index (χ1v) is 7.79. The van der Waals surface area contributed by atoms with Gasteiger partial charge in [-0.2, -0.15) is 0 Å². The highest BCUT2D eigenvalue weighted by Crippen LogP contribution is 2.56. The monoisotopic (exact) mass is 315 g/mol. The maximum absolute atomic E-state index is 6.48. The molecular formula is C16H18ClN5. The Balaban J connectivity index is 1.67. The van der Waals surface area contributed by atoms with Crippen molar-refractivity contribution in [2.45, 2.75) is 32.4 Å². The van der Waals surface area contributed by atoms with Gasteiger partial charge in [0, 0.05) is 24.0 Å². The quantitative estimate of drug-likeness (QED) is 0.878. The SMILES string of the molecule is CC1(C)CCC12NC=C1C(Cl)=CC(Nc3ccncn3)=CN12. The highest BCUT2D eigenvalue weighted by molar-refractivity contribution is 6.32. The minimum absolute atomic E-state index is 0.0741. The van der Waals surface area contributed by atoms with E-state index in [-0.39, 0.29) is 11.1 Å². The summed E-state index contributed by atoms with van der Waals surface area (Å²) < 4.78 is 0. The first-order valence-electron chi connectivity index (χ1n) is 7.42. The zero-order valence-electron chi connectivity index (χ0n) is 12.6. The molecule has 1 aromatic heterocycles. The third-order valence-corrected chi connectivity index (χ3v) is 5.30. The average Bonchev–Trinajstić information content (AvgIpc) is 2.90. The first-order chi connectivity index (χ1) is 10.5. The van der Waals surface area contributed by atoms with Gasteiger partial charge in [0.1, 0.15) is 17.8 Å². The molecule has 0 amide bonds. The van der Waals surface area contributed by atoms with E-state index >= 15 is 0 Å². The summed E-state index contributed by atoms with van der Waals surface area (Å²) in [5, 5.41) is 7.57. The van der Waals surface area contributed by atoms with Gasteiger partial charge in [-0.15, -0.1) is 0 Å². The van der Waals surface area contributed by atoms with Crippen molar-refractivity contribution in [1.29, 1.82) is 0 Å². The van der Waals surface area contributed by atoms with Crippen LogP contribution in [-0.2, 0) is 0 Å². The number of nitrogens with one attached hydrogen (secondary N) is 2. The van der Waals surface area contributed by atoms with Gasteiger partial charge in [0.2, 0.25) is 0 Å². The van der Waals surface area contributed by atoms with Crippen LogP contribution in [0, 0.1) is 5.41 Å². The zero-order chi connectivity index (χ0) is 15.4. The predicted molar refractivity (Wildman–Crippen MR) is 86.5 cm³/mol. The molecule has 1 aliphatic carbocycles. The van der Waals surface area contributed by atoms with Crippen LogP contribution in [-0.4, -0.2) is 20.5 Å². The summed E-state index contributed by atoms with van der Waals surface area (Å²) in [6.45, 7) is 4.58. The normalized spacial score (nSPS) is 28.1. The zero-order valence-corrected chi connectivity index (χ0v) is 13.4. The van der Waals surface area contributed by atoms with Crippen LogP contribution in [0.3, 0.4) is 0 Å². The molecule has 0 saturated heterocycles. The van der Waals surface area contributed by atoms with E-state index in [4.69, 9.17) is 11.6 Å². The van der Waals surface area contributed by atoms with E-state index in [0.29, 0.717) is 0 Å². The Morgan fingerprint density at radius 3 is 2.86 bits per heavy atom. The Morgan fingerprint density at radius 2 is 2.23 bits per heavy atom. The fraction of sp³-hybridized carbons (Fsp3) is 0.375. The lowest BCUT2D eigenvalue weighted by Crippen LogP contribution is -2.67. The molecule has 3 heterocycles. The lowest BCUT2D eigenvalue weighted by Gasteiger charge is -2.59. The van der Waals surface area contributed by atoms with Crippen LogP contribution < -0.4 is 10.6 Å². The molecule has 5 nitrogen and oxygen atoms in total. The second-order valence-corrected chi connectivity index (χ2v) is 6.99. The van der Waals surface area contributed by atoms with Crippen molar-refractivity contribution >= 4 is 17.4 Å². The van der Waals surface area contributed by atoms with E-state index in [1.807, 2.05) is 18.3 Å². The summed E-state index contributed by atoms with van der Waals surface area (Å²) >= 11 is 6.48. The van der Waals surface area contributed by atoms with Crippen LogP contribution in [0.5, 0.6) is 0 Å². The summed E-state index contributed by atoms with van der Waals surface area (Å²) in [6, 6.07) is 1.83. The molecule has 0 bridgehead atoms. The van der Waals surface area contributed by atoms with E-state index in [2.05, 4.69) is 45.5 Å². The van der Waals surface area contributed by atoms with Crippen molar-refractivity contribution in [2.24, 2.45) is 5.41 Å². The molecule has 0 aromatic carbocycles. The largest absolute Gasteiger partial charge is 0.366 e. The van der Waals surface area contributed by atoms with Crippen molar-refractivity contribution < 1.29 is 0 Å². The Kier molecular flexibility index (Phi) is 2.78. The Labute approximate surface area is 134 Å². The molecule has 1 aromatic rings. The number of anilines is 1. The smallest absolute Gasteiger partial charge is 0.133 e. The van der Waals surface area contributed by atoms with Crippen LogP contribution in [0.25, 0.3) is 0 Å². The number of hydrogen-bond donors (Lipinski definition) is 2. The maximum atomic E-state index is 6.48. The van der Waals surface area contributed by atoms with Gasteiger partial charge in [0.05, 0.1) is 16.4 Å². The molecule has 114 valence electrons. The van der Waals surface area contributed by atoms with Gasteiger partial charge in [-0.05, 0) is 25.0 Å².